The van der Waals surface area contributed by atoms with Crippen molar-refractivity contribution in [1.82, 2.24) is 14.9 Å². The average molecular weight is 326 g/mol. The van der Waals surface area contributed by atoms with E-state index in [1.54, 1.807) is 7.11 Å². The lowest BCUT2D eigenvalue weighted by molar-refractivity contribution is 0.404. The molecule has 2 aromatic rings. The predicted molar refractivity (Wildman–Crippen MR) is 87.4 cm³/mol. The summed E-state index contributed by atoms with van der Waals surface area (Å²) in [6, 6.07) is 5.69. The lowest BCUT2D eigenvalue weighted by Gasteiger charge is -2.20. The van der Waals surface area contributed by atoms with E-state index in [-0.39, 0.29) is 6.04 Å². The van der Waals surface area contributed by atoms with Crippen LogP contribution in [0.2, 0.25) is 5.02 Å². The van der Waals surface area contributed by atoms with Crippen molar-refractivity contribution in [3.8, 4) is 5.75 Å². The van der Waals surface area contributed by atoms with Gasteiger partial charge < -0.3 is 10.1 Å². The lowest BCUT2D eigenvalue weighted by Crippen LogP contribution is -2.22. The largest absolute Gasteiger partial charge is 0.496 e. The molecule has 1 aromatic carbocycles. The summed E-state index contributed by atoms with van der Waals surface area (Å²) in [5.74, 6) is 0.821. The Morgan fingerprint density at radius 3 is 2.86 bits per heavy atom. The molecule has 0 saturated carbocycles. The molecule has 21 heavy (non-hydrogen) atoms. The summed E-state index contributed by atoms with van der Waals surface area (Å²) < 4.78 is 9.62. The molecule has 1 heterocycles. The summed E-state index contributed by atoms with van der Waals surface area (Å²) in [4.78, 5) is 1.14. The molecule has 0 saturated heterocycles. The zero-order chi connectivity index (χ0) is 15.2. The van der Waals surface area contributed by atoms with Gasteiger partial charge in [-0.25, -0.2) is 0 Å². The number of rotatable bonds is 7. The Labute approximate surface area is 134 Å². The van der Waals surface area contributed by atoms with E-state index in [0.717, 1.165) is 41.3 Å². The summed E-state index contributed by atoms with van der Waals surface area (Å²) >= 11 is 7.60. The van der Waals surface area contributed by atoms with Crippen LogP contribution in [0.25, 0.3) is 0 Å². The molecule has 4 nitrogen and oxygen atoms in total. The molecule has 0 aliphatic carbocycles. The first kappa shape index (κ1) is 16.2. The fourth-order valence-corrected chi connectivity index (χ4v) is 3.30. The van der Waals surface area contributed by atoms with Gasteiger partial charge in [0.1, 0.15) is 5.75 Å². The van der Waals surface area contributed by atoms with Gasteiger partial charge in [0.2, 0.25) is 0 Å². The van der Waals surface area contributed by atoms with Crippen molar-refractivity contribution in [3.05, 3.63) is 39.4 Å². The molecule has 0 radical (unpaired) electrons. The number of hydrogen-bond acceptors (Lipinski definition) is 5. The second kappa shape index (κ2) is 7.73. The van der Waals surface area contributed by atoms with Crippen LogP contribution in [-0.2, 0) is 6.42 Å². The van der Waals surface area contributed by atoms with Crippen molar-refractivity contribution in [2.24, 2.45) is 0 Å². The smallest absolute Gasteiger partial charge is 0.124 e. The minimum Gasteiger partial charge on any atom is -0.496 e. The highest BCUT2D eigenvalue weighted by molar-refractivity contribution is 7.05. The van der Waals surface area contributed by atoms with E-state index < -0.39 is 0 Å². The molecule has 0 aliphatic heterocycles. The van der Waals surface area contributed by atoms with Crippen LogP contribution in [0.15, 0.2) is 18.2 Å². The third-order valence-corrected chi connectivity index (χ3v) is 4.31. The van der Waals surface area contributed by atoms with Gasteiger partial charge in [-0.1, -0.05) is 36.4 Å². The molecule has 114 valence electrons. The predicted octanol–water partition coefficient (Wildman–Crippen LogP) is 3.85. The van der Waals surface area contributed by atoms with E-state index in [9.17, 15) is 0 Å². The molecule has 0 aliphatic rings. The van der Waals surface area contributed by atoms with Crippen LogP contribution in [0.4, 0.5) is 0 Å². The van der Waals surface area contributed by atoms with E-state index in [2.05, 4.69) is 28.8 Å². The summed E-state index contributed by atoms with van der Waals surface area (Å²) in [5.41, 5.74) is 2.07. The van der Waals surface area contributed by atoms with Gasteiger partial charge in [-0.05, 0) is 42.7 Å². The van der Waals surface area contributed by atoms with E-state index >= 15 is 0 Å². The summed E-state index contributed by atoms with van der Waals surface area (Å²) in [6.45, 7) is 5.06. The average Bonchev–Trinajstić information content (AvgIpc) is 2.93. The number of benzene rings is 1. The van der Waals surface area contributed by atoms with E-state index in [4.69, 9.17) is 16.3 Å². The summed E-state index contributed by atoms with van der Waals surface area (Å²) in [6.07, 6.45) is 1.97. The number of hydrogen-bond donors (Lipinski definition) is 1. The minimum absolute atomic E-state index is 0.00481. The van der Waals surface area contributed by atoms with Gasteiger partial charge >= 0.3 is 0 Å². The third-order valence-electron chi connectivity index (χ3n) is 3.25. The van der Waals surface area contributed by atoms with Crippen molar-refractivity contribution in [1.29, 1.82) is 0 Å². The number of nitrogens with one attached hydrogen (secondary N) is 1. The van der Waals surface area contributed by atoms with Crippen LogP contribution in [0, 0.1) is 0 Å². The normalized spacial score (nSPS) is 12.4. The quantitative estimate of drug-likeness (QED) is 0.840. The van der Waals surface area contributed by atoms with Crippen molar-refractivity contribution in [2.75, 3.05) is 13.7 Å². The van der Waals surface area contributed by atoms with E-state index in [1.807, 2.05) is 18.2 Å². The monoisotopic (exact) mass is 325 g/mol. The minimum atomic E-state index is 0.00481. The Kier molecular flexibility index (Phi) is 5.96. The van der Waals surface area contributed by atoms with Gasteiger partial charge in [-0.3, -0.25) is 0 Å². The van der Waals surface area contributed by atoms with Crippen LogP contribution in [0.3, 0.4) is 0 Å². The van der Waals surface area contributed by atoms with Crippen molar-refractivity contribution < 1.29 is 4.74 Å². The zero-order valence-electron chi connectivity index (χ0n) is 12.5. The standard InChI is InChI=1S/C15H20ClN3OS/c1-4-6-12-15(21-19-18-12)14(17-5-2)11-9-10(16)7-8-13(11)20-3/h7-9,14,17H,4-6H2,1-3H3. The van der Waals surface area contributed by atoms with Crippen LogP contribution in [-0.4, -0.2) is 23.2 Å². The summed E-state index contributed by atoms with van der Waals surface area (Å²) in [7, 11) is 1.67. The molecule has 1 aromatic heterocycles. The Morgan fingerprint density at radius 2 is 2.19 bits per heavy atom. The second-order valence-electron chi connectivity index (χ2n) is 4.71. The Hall–Kier alpha value is -1.17. The SMILES string of the molecule is CCCc1nnsc1C(NCC)c1cc(Cl)ccc1OC. The number of ether oxygens (including phenoxy) is 1. The molecule has 1 N–H and O–H groups in total. The number of halogens is 1. The molecule has 1 atom stereocenters. The van der Waals surface area contributed by atoms with Crippen LogP contribution in [0.1, 0.15) is 42.4 Å². The van der Waals surface area contributed by atoms with Crippen molar-refractivity contribution in [3.63, 3.8) is 0 Å². The van der Waals surface area contributed by atoms with Gasteiger partial charge in [-0.15, -0.1) is 5.10 Å². The molecule has 1 unspecified atom stereocenters. The molecule has 2 rings (SSSR count). The molecule has 0 bridgehead atoms. The van der Waals surface area contributed by atoms with E-state index in [0.29, 0.717) is 5.02 Å². The topological polar surface area (TPSA) is 47.0 Å². The Morgan fingerprint density at radius 1 is 1.38 bits per heavy atom. The first-order chi connectivity index (χ1) is 10.2. The number of aromatic nitrogens is 2. The number of nitrogens with zero attached hydrogens (tertiary/aromatic N) is 2. The van der Waals surface area contributed by atoms with Crippen LogP contribution < -0.4 is 10.1 Å². The Bertz CT molecular complexity index is 588. The summed E-state index contributed by atoms with van der Waals surface area (Å²) in [5, 5.41) is 8.46. The van der Waals surface area contributed by atoms with Crippen molar-refractivity contribution >= 4 is 23.1 Å². The lowest BCUT2D eigenvalue weighted by atomic mass is 10.0. The van der Waals surface area contributed by atoms with Crippen LogP contribution >= 0.6 is 23.1 Å². The molecule has 0 fully saturated rings. The molecular weight excluding hydrogens is 306 g/mol. The van der Waals surface area contributed by atoms with Crippen molar-refractivity contribution in [2.45, 2.75) is 32.7 Å². The number of methoxy groups -OCH3 is 1. The van der Waals surface area contributed by atoms with Gasteiger partial charge in [0.15, 0.2) is 0 Å². The maximum absolute atomic E-state index is 6.17. The van der Waals surface area contributed by atoms with Gasteiger partial charge in [0, 0.05) is 10.6 Å². The Balaban J connectivity index is 2.47. The highest BCUT2D eigenvalue weighted by Crippen LogP contribution is 2.35. The maximum atomic E-state index is 6.17. The van der Waals surface area contributed by atoms with Gasteiger partial charge in [-0.2, -0.15) is 0 Å². The van der Waals surface area contributed by atoms with Gasteiger partial charge in [0.05, 0.1) is 23.7 Å². The van der Waals surface area contributed by atoms with Gasteiger partial charge in [0.25, 0.3) is 0 Å². The maximum Gasteiger partial charge on any atom is 0.124 e. The zero-order valence-corrected chi connectivity index (χ0v) is 14.1. The van der Waals surface area contributed by atoms with E-state index in [1.165, 1.54) is 11.5 Å². The first-order valence-corrected chi connectivity index (χ1v) is 8.24. The molecule has 0 spiro atoms. The highest BCUT2D eigenvalue weighted by Gasteiger charge is 2.23. The fraction of sp³-hybridized carbons (Fsp3) is 0.467. The molecular formula is C15H20ClN3OS. The fourth-order valence-electron chi connectivity index (χ4n) is 2.32. The first-order valence-electron chi connectivity index (χ1n) is 7.09. The highest BCUT2D eigenvalue weighted by atomic mass is 35.5. The molecule has 0 amide bonds. The number of aryl methyl sites for hydroxylation is 1. The van der Waals surface area contributed by atoms with Crippen LogP contribution in [0.5, 0.6) is 5.75 Å². The third kappa shape index (κ3) is 3.73. The second-order valence-corrected chi connectivity index (χ2v) is 5.93. The molecule has 6 heteroatoms.